The third-order valence-corrected chi connectivity index (χ3v) is 4.09. The second kappa shape index (κ2) is 6.03. The number of nitrogens with zero attached hydrogens (tertiary/aromatic N) is 4. The van der Waals surface area contributed by atoms with E-state index in [9.17, 15) is 13.2 Å². The van der Waals surface area contributed by atoms with Gasteiger partial charge < -0.3 is 14.0 Å². The Kier molecular flexibility index (Phi) is 3.84. The zero-order valence-corrected chi connectivity index (χ0v) is 13.2. The summed E-state index contributed by atoms with van der Waals surface area (Å²) in [6.07, 6.45) is -1.91. The third-order valence-electron chi connectivity index (χ3n) is 4.09. The van der Waals surface area contributed by atoms with Gasteiger partial charge >= 0.3 is 6.18 Å². The monoisotopic (exact) mass is 348 g/mol. The maximum absolute atomic E-state index is 13.1. The highest BCUT2D eigenvalue weighted by atomic mass is 19.4. The van der Waals surface area contributed by atoms with Crippen molar-refractivity contribution in [1.29, 1.82) is 0 Å². The zero-order chi connectivity index (χ0) is 17.4. The lowest BCUT2D eigenvalue weighted by Crippen LogP contribution is -2.37. The van der Waals surface area contributed by atoms with Crippen LogP contribution in [0.1, 0.15) is 5.69 Å². The molecule has 0 atom stereocenters. The van der Waals surface area contributed by atoms with Crippen molar-refractivity contribution >= 4 is 11.5 Å². The van der Waals surface area contributed by atoms with Gasteiger partial charge in [-0.15, -0.1) is 0 Å². The summed E-state index contributed by atoms with van der Waals surface area (Å²) < 4.78 is 46.0. The normalized spacial score (nSPS) is 15.7. The number of benzene rings is 1. The largest absolute Gasteiger partial charge is 0.434 e. The molecule has 0 radical (unpaired) electrons. The lowest BCUT2D eigenvalue weighted by atomic mass is 10.2. The van der Waals surface area contributed by atoms with E-state index in [4.69, 9.17) is 4.74 Å². The smallest absolute Gasteiger partial charge is 0.378 e. The van der Waals surface area contributed by atoms with Gasteiger partial charge in [-0.3, -0.25) is 0 Å². The molecular formula is C17H15F3N4O. The molecule has 0 amide bonds. The summed E-state index contributed by atoms with van der Waals surface area (Å²) in [5, 5.41) is 0. The van der Waals surface area contributed by atoms with Crippen molar-refractivity contribution in [1.82, 2.24) is 14.4 Å². The Morgan fingerprint density at radius 1 is 0.960 bits per heavy atom. The molecule has 1 saturated heterocycles. The van der Waals surface area contributed by atoms with Crippen LogP contribution >= 0.6 is 0 Å². The molecule has 8 heteroatoms. The fourth-order valence-corrected chi connectivity index (χ4v) is 2.85. The molecule has 1 aromatic carbocycles. The molecule has 1 aliphatic heterocycles. The van der Waals surface area contributed by atoms with Crippen molar-refractivity contribution in [2.45, 2.75) is 6.18 Å². The second-order valence-corrected chi connectivity index (χ2v) is 5.77. The van der Waals surface area contributed by atoms with Gasteiger partial charge in [-0.25, -0.2) is 9.97 Å². The summed E-state index contributed by atoms with van der Waals surface area (Å²) >= 11 is 0. The molecule has 0 aliphatic carbocycles. The summed E-state index contributed by atoms with van der Waals surface area (Å²) in [7, 11) is 0. The first kappa shape index (κ1) is 15.9. The number of alkyl halides is 3. The summed E-state index contributed by atoms with van der Waals surface area (Å²) in [4.78, 5) is 10.3. The molecule has 130 valence electrons. The van der Waals surface area contributed by atoms with Crippen molar-refractivity contribution in [3.8, 4) is 11.3 Å². The first-order chi connectivity index (χ1) is 12.0. The average molecular weight is 348 g/mol. The molecule has 0 bridgehead atoms. The molecular weight excluding hydrogens is 333 g/mol. The minimum atomic E-state index is -4.50. The predicted octanol–water partition coefficient (Wildman–Crippen LogP) is 3.25. The van der Waals surface area contributed by atoms with Crippen LogP contribution in [-0.2, 0) is 10.9 Å². The quantitative estimate of drug-likeness (QED) is 0.713. The van der Waals surface area contributed by atoms with Crippen LogP contribution in [0.3, 0.4) is 0 Å². The van der Waals surface area contributed by atoms with E-state index in [0.29, 0.717) is 37.8 Å². The number of morpholine rings is 1. The minimum Gasteiger partial charge on any atom is -0.378 e. The molecule has 2 aromatic heterocycles. The van der Waals surface area contributed by atoms with Gasteiger partial charge in [0.15, 0.2) is 17.2 Å². The molecule has 0 spiro atoms. The van der Waals surface area contributed by atoms with Crippen molar-refractivity contribution in [3.05, 3.63) is 48.4 Å². The maximum atomic E-state index is 13.1. The number of anilines is 1. The fraction of sp³-hybridized carbons (Fsp3) is 0.294. The van der Waals surface area contributed by atoms with E-state index in [1.54, 1.807) is 6.20 Å². The van der Waals surface area contributed by atoms with E-state index >= 15 is 0 Å². The standard InChI is InChI=1S/C17H15F3N4O/c18-17(19,20)14-11-24-10-13(12-4-2-1-3-5-12)21-15(16(24)22-14)23-6-8-25-9-7-23/h1-5,10-11H,6-9H2. The highest BCUT2D eigenvalue weighted by Gasteiger charge is 2.35. The Bertz CT molecular complexity index is 886. The highest BCUT2D eigenvalue weighted by molar-refractivity contribution is 5.70. The van der Waals surface area contributed by atoms with Crippen LogP contribution < -0.4 is 4.90 Å². The van der Waals surface area contributed by atoms with Crippen LogP contribution in [0.4, 0.5) is 19.0 Å². The minimum absolute atomic E-state index is 0.203. The number of fused-ring (bicyclic) bond motifs is 1. The van der Waals surface area contributed by atoms with E-state index in [1.165, 1.54) is 4.40 Å². The van der Waals surface area contributed by atoms with Gasteiger partial charge in [-0.1, -0.05) is 30.3 Å². The summed E-state index contributed by atoms with van der Waals surface area (Å²) in [6.45, 7) is 2.15. The number of aromatic nitrogens is 3. The summed E-state index contributed by atoms with van der Waals surface area (Å²) in [5.41, 5.74) is 0.713. The molecule has 0 unspecified atom stereocenters. The molecule has 4 rings (SSSR count). The SMILES string of the molecule is FC(F)(F)c1cn2cc(-c3ccccc3)nc(N3CCOCC3)c2n1. The van der Waals surface area contributed by atoms with Gasteiger partial charge in [0.2, 0.25) is 0 Å². The first-order valence-electron chi connectivity index (χ1n) is 7.87. The topological polar surface area (TPSA) is 42.7 Å². The highest BCUT2D eigenvalue weighted by Crippen LogP contribution is 2.32. The number of rotatable bonds is 2. The van der Waals surface area contributed by atoms with Gasteiger partial charge in [0.1, 0.15) is 0 Å². The van der Waals surface area contributed by atoms with E-state index in [0.717, 1.165) is 11.8 Å². The third kappa shape index (κ3) is 3.05. The van der Waals surface area contributed by atoms with Gasteiger partial charge in [0.05, 0.1) is 18.9 Å². The Morgan fingerprint density at radius 2 is 1.68 bits per heavy atom. The van der Waals surface area contributed by atoms with Crippen molar-refractivity contribution in [2.24, 2.45) is 0 Å². The van der Waals surface area contributed by atoms with Gasteiger partial charge in [0.25, 0.3) is 0 Å². The Morgan fingerprint density at radius 3 is 2.36 bits per heavy atom. The van der Waals surface area contributed by atoms with Gasteiger partial charge in [-0.2, -0.15) is 13.2 Å². The molecule has 3 heterocycles. The van der Waals surface area contributed by atoms with Crippen LogP contribution in [0.15, 0.2) is 42.7 Å². The number of imidazole rings is 1. The number of ether oxygens (including phenoxy) is 1. The van der Waals surface area contributed by atoms with Gasteiger partial charge in [-0.05, 0) is 0 Å². The predicted molar refractivity (Wildman–Crippen MR) is 86.5 cm³/mol. The van der Waals surface area contributed by atoms with Crippen molar-refractivity contribution in [2.75, 3.05) is 31.2 Å². The Hall–Kier alpha value is -2.61. The van der Waals surface area contributed by atoms with E-state index in [1.807, 2.05) is 35.2 Å². The lowest BCUT2D eigenvalue weighted by molar-refractivity contribution is -0.140. The molecule has 25 heavy (non-hydrogen) atoms. The second-order valence-electron chi connectivity index (χ2n) is 5.77. The molecule has 1 aliphatic rings. The Labute approximate surface area is 141 Å². The number of hydrogen-bond acceptors (Lipinski definition) is 4. The van der Waals surface area contributed by atoms with Crippen LogP contribution in [-0.4, -0.2) is 40.7 Å². The van der Waals surface area contributed by atoms with E-state index in [-0.39, 0.29) is 5.65 Å². The first-order valence-corrected chi connectivity index (χ1v) is 7.87. The summed E-state index contributed by atoms with van der Waals surface area (Å²) in [5.74, 6) is 0.445. The molecule has 1 fully saturated rings. The van der Waals surface area contributed by atoms with Crippen LogP contribution in [0.25, 0.3) is 16.9 Å². The Balaban J connectivity index is 1.90. The number of halogens is 3. The van der Waals surface area contributed by atoms with Crippen molar-refractivity contribution < 1.29 is 17.9 Å². The van der Waals surface area contributed by atoms with E-state index < -0.39 is 11.9 Å². The molecule has 3 aromatic rings. The fourth-order valence-electron chi connectivity index (χ4n) is 2.85. The average Bonchev–Trinajstić information content (AvgIpc) is 3.07. The molecule has 0 saturated carbocycles. The van der Waals surface area contributed by atoms with Gasteiger partial charge in [0, 0.05) is 31.0 Å². The van der Waals surface area contributed by atoms with E-state index in [2.05, 4.69) is 9.97 Å². The molecule has 0 N–H and O–H groups in total. The van der Waals surface area contributed by atoms with Crippen LogP contribution in [0.5, 0.6) is 0 Å². The number of hydrogen-bond donors (Lipinski definition) is 0. The summed E-state index contributed by atoms with van der Waals surface area (Å²) in [6, 6.07) is 9.36. The van der Waals surface area contributed by atoms with Crippen molar-refractivity contribution in [3.63, 3.8) is 0 Å². The maximum Gasteiger partial charge on any atom is 0.434 e. The lowest BCUT2D eigenvalue weighted by Gasteiger charge is -2.28. The molecule has 5 nitrogen and oxygen atoms in total. The van der Waals surface area contributed by atoms with Crippen LogP contribution in [0, 0.1) is 0 Å². The van der Waals surface area contributed by atoms with Crippen LogP contribution in [0.2, 0.25) is 0 Å². The zero-order valence-electron chi connectivity index (χ0n) is 13.2.